The molecule has 0 aromatic heterocycles. The van der Waals surface area contributed by atoms with Crippen molar-refractivity contribution in [1.29, 1.82) is 0 Å². The minimum atomic E-state index is -0.124. The molecule has 3 aliphatic rings. The summed E-state index contributed by atoms with van der Waals surface area (Å²) in [5, 5.41) is 0. The minimum Gasteiger partial charge on any atom is -0.342 e. The summed E-state index contributed by atoms with van der Waals surface area (Å²) in [4.78, 5) is 29.5. The summed E-state index contributed by atoms with van der Waals surface area (Å²) >= 11 is 0. The lowest BCUT2D eigenvalue weighted by Gasteiger charge is -2.35. The Labute approximate surface area is 127 Å². The van der Waals surface area contributed by atoms with Crippen LogP contribution in [-0.2, 0) is 9.59 Å². The van der Waals surface area contributed by atoms with Gasteiger partial charge < -0.3 is 9.80 Å². The van der Waals surface area contributed by atoms with Crippen LogP contribution in [0.4, 0.5) is 0 Å². The van der Waals surface area contributed by atoms with Crippen molar-refractivity contribution >= 4 is 11.8 Å². The van der Waals surface area contributed by atoms with Gasteiger partial charge in [-0.15, -0.1) is 0 Å². The fourth-order valence-electron chi connectivity index (χ4n) is 3.88. The van der Waals surface area contributed by atoms with E-state index in [1.165, 1.54) is 6.42 Å². The summed E-state index contributed by atoms with van der Waals surface area (Å²) < 4.78 is 0. The van der Waals surface area contributed by atoms with Gasteiger partial charge in [-0.05, 0) is 44.9 Å². The van der Waals surface area contributed by atoms with E-state index in [-0.39, 0.29) is 23.7 Å². The van der Waals surface area contributed by atoms with E-state index in [1.54, 1.807) is 0 Å². The van der Waals surface area contributed by atoms with Gasteiger partial charge in [0.25, 0.3) is 0 Å². The van der Waals surface area contributed by atoms with Crippen LogP contribution in [0.1, 0.15) is 44.9 Å². The smallest absolute Gasteiger partial charge is 0.226 e. The molecule has 4 heteroatoms. The molecule has 0 bridgehead atoms. The summed E-state index contributed by atoms with van der Waals surface area (Å²) in [6.45, 7) is 3.51. The highest BCUT2D eigenvalue weighted by Crippen LogP contribution is 2.31. The van der Waals surface area contributed by atoms with Crippen molar-refractivity contribution < 1.29 is 9.59 Å². The molecular weight excluding hydrogens is 264 g/mol. The number of nitrogens with zero attached hydrogens (tertiary/aromatic N) is 2. The van der Waals surface area contributed by atoms with Crippen LogP contribution in [0.2, 0.25) is 0 Å². The summed E-state index contributed by atoms with van der Waals surface area (Å²) in [7, 11) is 0. The molecule has 1 aliphatic carbocycles. The molecule has 3 rings (SSSR count). The summed E-state index contributed by atoms with van der Waals surface area (Å²) in [5.41, 5.74) is 0. The number of carbonyl (C=O) groups is 2. The van der Waals surface area contributed by atoms with Crippen LogP contribution in [-0.4, -0.2) is 47.8 Å². The Hall–Kier alpha value is -1.32. The lowest BCUT2D eigenvalue weighted by Crippen LogP contribution is -2.46. The Morgan fingerprint density at radius 2 is 1.05 bits per heavy atom. The molecule has 0 spiro atoms. The standard InChI is InChI=1S/C17H26N2O2/c20-16(18-10-4-1-5-11-18)14-8-2-3-9-15(14)17(21)19-12-6-7-13-19/h2-3,14-15H,1,4-13H2. The van der Waals surface area contributed by atoms with Gasteiger partial charge in [-0.25, -0.2) is 0 Å². The molecule has 2 fully saturated rings. The van der Waals surface area contributed by atoms with Gasteiger partial charge in [-0.2, -0.15) is 0 Å². The first-order valence-electron chi connectivity index (χ1n) is 8.50. The van der Waals surface area contributed by atoms with E-state index < -0.39 is 0 Å². The predicted octanol–water partition coefficient (Wildman–Crippen LogP) is 2.20. The van der Waals surface area contributed by atoms with Crippen LogP contribution in [0, 0.1) is 11.8 Å². The van der Waals surface area contributed by atoms with Gasteiger partial charge in [0, 0.05) is 26.2 Å². The third-order valence-electron chi connectivity index (χ3n) is 5.15. The molecule has 0 saturated carbocycles. The normalized spacial score (nSPS) is 29.7. The Balaban J connectivity index is 1.70. The zero-order valence-electron chi connectivity index (χ0n) is 12.8. The number of piperidine rings is 1. The molecule has 0 aromatic carbocycles. The number of rotatable bonds is 2. The SMILES string of the molecule is O=C(C1CC=CCC1C(=O)N1CCCC1)N1CCCCC1. The molecule has 0 N–H and O–H groups in total. The monoisotopic (exact) mass is 290 g/mol. The highest BCUT2D eigenvalue weighted by atomic mass is 16.2. The van der Waals surface area contributed by atoms with Gasteiger partial charge in [0.2, 0.25) is 11.8 Å². The second-order valence-electron chi connectivity index (χ2n) is 6.57. The number of hydrogen-bond donors (Lipinski definition) is 0. The highest BCUT2D eigenvalue weighted by Gasteiger charge is 2.38. The van der Waals surface area contributed by atoms with Crippen molar-refractivity contribution in [2.24, 2.45) is 11.8 Å². The second-order valence-corrected chi connectivity index (χ2v) is 6.57. The van der Waals surface area contributed by atoms with E-state index in [0.29, 0.717) is 0 Å². The fraction of sp³-hybridized carbons (Fsp3) is 0.765. The van der Waals surface area contributed by atoms with Gasteiger partial charge in [0.1, 0.15) is 0 Å². The fourth-order valence-corrected chi connectivity index (χ4v) is 3.88. The summed E-state index contributed by atoms with van der Waals surface area (Å²) in [5.74, 6) is 0.188. The van der Waals surface area contributed by atoms with E-state index in [2.05, 4.69) is 12.2 Å². The second kappa shape index (κ2) is 6.63. The zero-order chi connectivity index (χ0) is 14.7. The maximum absolute atomic E-state index is 12.8. The quantitative estimate of drug-likeness (QED) is 0.732. The predicted molar refractivity (Wildman–Crippen MR) is 81.6 cm³/mol. The van der Waals surface area contributed by atoms with Crippen molar-refractivity contribution in [3.8, 4) is 0 Å². The molecule has 21 heavy (non-hydrogen) atoms. The lowest BCUT2D eigenvalue weighted by atomic mass is 9.80. The summed E-state index contributed by atoms with van der Waals surface area (Å²) in [6.07, 6.45) is 11.3. The van der Waals surface area contributed by atoms with Crippen molar-refractivity contribution in [3.63, 3.8) is 0 Å². The molecule has 2 heterocycles. The van der Waals surface area contributed by atoms with Crippen LogP contribution < -0.4 is 0 Å². The Kier molecular flexibility index (Phi) is 4.61. The Morgan fingerprint density at radius 3 is 1.48 bits per heavy atom. The van der Waals surface area contributed by atoms with E-state index >= 15 is 0 Å². The van der Waals surface area contributed by atoms with Crippen LogP contribution >= 0.6 is 0 Å². The Bertz CT molecular complexity index is 421. The van der Waals surface area contributed by atoms with E-state index in [1.807, 2.05) is 9.80 Å². The number of amides is 2. The largest absolute Gasteiger partial charge is 0.342 e. The van der Waals surface area contributed by atoms with Gasteiger partial charge in [-0.3, -0.25) is 9.59 Å². The molecular formula is C17H26N2O2. The van der Waals surface area contributed by atoms with E-state index in [4.69, 9.17) is 0 Å². The van der Waals surface area contributed by atoms with Crippen LogP contribution in [0.3, 0.4) is 0 Å². The molecule has 2 amide bonds. The average Bonchev–Trinajstić information content (AvgIpc) is 3.09. The molecule has 4 nitrogen and oxygen atoms in total. The Morgan fingerprint density at radius 1 is 0.667 bits per heavy atom. The van der Waals surface area contributed by atoms with Crippen LogP contribution in [0.15, 0.2) is 12.2 Å². The molecule has 116 valence electrons. The average molecular weight is 290 g/mol. The zero-order valence-corrected chi connectivity index (χ0v) is 12.8. The first-order valence-corrected chi connectivity index (χ1v) is 8.50. The maximum atomic E-state index is 12.8. The number of hydrogen-bond acceptors (Lipinski definition) is 2. The summed E-state index contributed by atoms with van der Waals surface area (Å²) in [6, 6.07) is 0. The molecule has 2 aliphatic heterocycles. The van der Waals surface area contributed by atoms with E-state index in [9.17, 15) is 9.59 Å². The van der Waals surface area contributed by atoms with Crippen molar-refractivity contribution in [2.45, 2.75) is 44.9 Å². The minimum absolute atomic E-state index is 0.123. The molecule has 2 atom stereocenters. The van der Waals surface area contributed by atoms with Crippen molar-refractivity contribution in [3.05, 3.63) is 12.2 Å². The first-order chi connectivity index (χ1) is 10.3. The molecule has 2 unspecified atom stereocenters. The van der Waals surface area contributed by atoms with Gasteiger partial charge in [-0.1, -0.05) is 12.2 Å². The van der Waals surface area contributed by atoms with Crippen molar-refractivity contribution in [1.82, 2.24) is 9.80 Å². The topological polar surface area (TPSA) is 40.6 Å². The number of likely N-dealkylation sites (tertiary alicyclic amines) is 2. The number of carbonyl (C=O) groups excluding carboxylic acids is 2. The first kappa shape index (κ1) is 14.6. The van der Waals surface area contributed by atoms with Gasteiger partial charge >= 0.3 is 0 Å². The van der Waals surface area contributed by atoms with Crippen LogP contribution in [0.25, 0.3) is 0 Å². The van der Waals surface area contributed by atoms with E-state index in [0.717, 1.165) is 64.7 Å². The number of allylic oxidation sites excluding steroid dienone is 2. The third-order valence-corrected chi connectivity index (χ3v) is 5.15. The van der Waals surface area contributed by atoms with Crippen molar-refractivity contribution in [2.75, 3.05) is 26.2 Å². The maximum Gasteiger partial charge on any atom is 0.226 e. The molecule has 0 aromatic rings. The highest BCUT2D eigenvalue weighted by molar-refractivity contribution is 5.88. The van der Waals surface area contributed by atoms with Crippen LogP contribution in [0.5, 0.6) is 0 Å². The van der Waals surface area contributed by atoms with Gasteiger partial charge in [0.05, 0.1) is 11.8 Å². The third kappa shape index (κ3) is 3.14. The van der Waals surface area contributed by atoms with Gasteiger partial charge in [0.15, 0.2) is 0 Å². The molecule has 2 saturated heterocycles. The molecule has 0 radical (unpaired) electrons. The lowest BCUT2D eigenvalue weighted by molar-refractivity contribution is -0.146.